The molecule has 7 nitrogen and oxygen atoms in total. The molecule has 0 bridgehead atoms. The Balaban J connectivity index is 1.65. The average Bonchev–Trinajstić information content (AvgIpc) is 2.88. The molecule has 9 heteroatoms. The van der Waals surface area contributed by atoms with Gasteiger partial charge in [0.15, 0.2) is 0 Å². The Bertz CT molecular complexity index is 1440. The first-order valence-electron chi connectivity index (χ1n) is 10.6. The number of hydrogen-bond acceptors (Lipinski definition) is 7. The number of fused-ring (bicyclic) bond motifs is 1. The SMILES string of the molecule is COC(=O)CSc1cc(NS(=O)(=O)c2ccc(Oc3ccccc3)cc2)c2ccccc2c1OC. The highest BCUT2D eigenvalue weighted by Crippen LogP contribution is 2.41. The number of rotatable bonds is 9. The van der Waals surface area contributed by atoms with Gasteiger partial charge in [-0.3, -0.25) is 9.52 Å². The molecule has 4 aromatic rings. The Morgan fingerprint density at radius 1 is 0.857 bits per heavy atom. The van der Waals surface area contributed by atoms with Crippen molar-refractivity contribution in [2.45, 2.75) is 9.79 Å². The Labute approximate surface area is 208 Å². The molecule has 0 radical (unpaired) electrons. The highest BCUT2D eigenvalue weighted by atomic mass is 32.2. The van der Waals surface area contributed by atoms with Crippen molar-refractivity contribution in [2.75, 3.05) is 24.7 Å². The van der Waals surface area contributed by atoms with E-state index in [0.717, 1.165) is 0 Å². The quantitative estimate of drug-likeness (QED) is 0.228. The molecule has 0 saturated heterocycles. The number of nitrogens with one attached hydrogen (secondary N) is 1. The van der Waals surface area contributed by atoms with E-state index in [1.807, 2.05) is 48.5 Å². The van der Waals surface area contributed by atoms with Crippen molar-refractivity contribution in [3.63, 3.8) is 0 Å². The number of hydrogen-bond donors (Lipinski definition) is 1. The first-order valence-corrected chi connectivity index (χ1v) is 13.0. The summed E-state index contributed by atoms with van der Waals surface area (Å²) in [7, 11) is -1.06. The number of thioether (sulfide) groups is 1. The maximum absolute atomic E-state index is 13.2. The van der Waals surface area contributed by atoms with E-state index >= 15 is 0 Å². The highest BCUT2D eigenvalue weighted by Gasteiger charge is 2.20. The number of para-hydroxylation sites is 1. The zero-order valence-corrected chi connectivity index (χ0v) is 20.7. The number of carbonyl (C=O) groups is 1. The van der Waals surface area contributed by atoms with E-state index in [1.165, 1.54) is 38.1 Å². The molecule has 0 aliphatic rings. The minimum atomic E-state index is -3.91. The molecule has 4 rings (SSSR count). The molecule has 0 aliphatic heterocycles. The van der Waals surface area contributed by atoms with Crippen molar-refractivity contribution in [2.24, 2.45) is 0 Å². The number of ether oxygens (including phenoxy) is 3. The molecule has 0 spiro atoms. The smallest absolute Gasteiger partial charge is 0.315 e. The second kappa shape index (κ2) is 10.7. The number of sulfonamides is 1. The van der Waals surface area contributed by atoms with Gasteiger partial charge in [0, 0.05) is 10.8 Å². The van der Waals surface area contributed by atoms with Crippen LogP contribution in [0.5, 0.6) is 17.2 Å². The monoisotopic (exact) mass is 509 g/mol. The van der Waals surface area contributed by atoms with E-state index < -0.39 is 16.0 Å². The first kappa shape index (κ1) is 24.4. The molecule has 0 aliphatic carbocycles. The normalized spacial score (nSPS) is 11.1. The van der Waals surface area contributed by atoms with Gasteiger partial charge in [-0.15, -0.1) is 11.8 Å². The minimum absolute atomic E-state index is 0.0558. The summed E-state index contributed by atoms with van der Waals surface area (Å²) in [4.78, 5) is 12.4. The van der Waals surface area contributed by atoms with Crippen molar-refractivity contribution in [1.29, 1.82) is 0 Å². The predicted octanol–water partition coefficient (Wildman–Crippen LogP) is 5.71. The van der Waals surface area contributed by atoms with Crippen LogP contribution in [-0.4, -0.2) is 34.4 Å². The fraction of sp³-hybridized carbons (Fsp3) is 0.115. The summed E-state index contributed by atoms with van der Waals surface area (Å²) in [5.41, 5.74) is 0.373. The third kappa shape index (κ3) is 5.70. The number of benzene rings is 4. The molecule has 0 aromatic heterocycles. The molecule has 0 saturated carbocycles. The Kier molecular flexibility index (Phi) is 7.48. The fourth-order valence-electron chi connectivity index (χ4n) is 3.44. The molecule has 1 N–H and O–H groups in total. The van der Waals surface area contributed by atoms with Gasteiger partial charge in [0.1, 0.15) is 17.2 Å². The summed E-state index contributed by atoms with van der Waals surface area (Å²) < 4.78 is 45.2. The Hall–Kier alpha value is -3.69. The van der Waals surface area contributed by atoms with E-state index in [0.29, 0.717) is 38.6 Å². The van der Waals surface area contributed by atoms with E-state index in [2.05, 4.69) is 4.72 Å². The fourth-order valence-corrected chi connectivity index (χ4v) is 5.42. The molecule has 0 unspecified atom stereocenters. The number of carbonyl (C=O) groups excluding carboxylic acids is 1. The van der Waals surface area contributed by atoms with Crippen molar-refractivity contribution in [3.05, 3.63) is 84.9 Å². The predicted molar refractivity (Wildman–Crippen MR) is 137 cm³/mol. The van der Waals surface area contributed by atoms with Crippen LogP contribution in [0.15, 0.2) is 94.7 Å². The summed E-state index contributed by atoms with van der Waals surface area (Å²) in [6.45, 7) is 0. The van der Waals surface area contributed by atoms with Crippen LogP contribution in [0.2, 0.25) is 0 Å². The molecule has 0 amide bonds. The molecule has 35 heavy (non-hydrogen) atoms. The standard InChI is InChI=1S/C26H23NO6S2/c1-31-25(28)17-34-24-16-23(21-10-6-7-11-22(21)26(24)32-2)27-35(29,30)20-14-12-19(13-15-20)33-18-8-4-3-5-9-18/h3-16,27H,17H2,1-2H3. The molecule has 0 atom stereocenters. The van der Waals surface area contributed by atoms with Crippen molar-refractivity contribution >= 4 is 44.2 Å². The van der Waals surface area contributed by atoms with Gasteiger partial charge < -0.3 is 14.2 Å². The maximum Gasteiger partial charge on any atom is 0.315 e. The number of esters is 1. The topological polar surface area (TPSA) is 90.9 Å². The summed E-state index contributed by atoms with van der Waals surface area (Å²) in [5.74, 6) is 1.39. The molecule has 180 valence electrons. The van der Waals surface area contributed by atoms with E-state index in [1.54, 1.807) is 24.3 Å². The van der Waals surface area contributed by atoms with Crippen LogP contribution in [0.3, 0.4) is 0 Å². The van der Waals surface area contributed by atoms with Crippen molar-refractivity contribution in [1.82, 2.24) is 0 Å². The van der Waals surface area contributed by atoms with Crippen molar-refractivity contribution < 1.29 is 27.4 Å². The lowest BCUT2D eigenvalue weighted by atomic mass is 10.1. The second-order valence-corrected chi connectivity index (χ2v) is 10.1. The maximum atomic E-state index is 13.2. The summed E-state index contributed by atoms with van der Waals surface area (Å²) in [6.07, 6.45) is 0. The van der Waals surface area contributed by atoms with Gasteiger partial charge in [0.05, 0.1) is 35.5 Å². The average molecular weight is 510 g/mol. The van der Waals surface area contributed by atoms with Gasteiger partial charge in [-0.2, -0.15) is 0 Å². The van der Waals surface area contributed by atoms with Crippen LogP contribution in [0, 0.1) is 0 Å². The summed E-state index contributed by atoms with van der Waals surface area (Å²) in [6, 6.07) is 24.4. The second-order valence-electron chi connectivity index (χ2n) is 7.36. The lowest BCUT2D eigenvalue weighted by molar-refractivity contribution is -0.137. The van der Waals surface area contributed by atoms with Crippen LogP contribution >= 0.6 is 11.8 Å². The van der Waals surface area contributed by atoms with Gasteiger partial charge in [-0.1, -0.05) is 42.5 Å². The van der Waals surface area contributed by atoms with Crippen LogP contribution in [0.1, 0.15) is 0 Å². The lowest BCUT2D eigenvalue weighted by Gasteiger charge is -2.17. The molecular formula is C26H23NO6S2. The zero-order chi connectivity index (χ0) is 24.8. The van der Waals surface area contributed by atoms with Crippen LogP contribution in [0.4, 0.5) is 5.69 Å². The van der Waals surface area contributed by atoms with Crippen molar-refractivity contribution in [3.8, 4) is 17.2 Å². The van der Waals surface area contributed by atoms with Gasteiger partial charge in [0.2, 0.25) is 0 Å². The van der Waals surface area contributed by atoms with E-state index in [4.69, 9.17) is 14.2 Å². The highest BCUT2D eigenvalue weighted by molar-refractivity contribution is 8.00. The summed E-state index contributed by atoms with van der Waals surface area (Å²) in [5, 5.41) is 1.38. The van der Waals surface area contributed by atoms with Crippen LogP contribution < -0.4 is 14.2 Å². The zero-order valence-electron chi connectivity index (χ0n) is 19.1. The largest absolute Gasteiger partial charge is 0.495 e. The molecule has 0 heterocycles. The van der Waals surface area contributed by atoms with Gasteiger partial charge in [0.25, 0.3) is 10.0 Å². The van der Waals surface area contributed by atoms with E-state index in [9.17, 15) is 13.2 Å². The van der Waals surface area contributed by atoms with Gasteiger partial charge >= 0.3 is 5.97 Å². The van der Waals surface area contributed by atoms with Gasteiger partial charge in [-0.05, 0) is 42.5 Å². The van der Waals surface area contributed by atoms with Gasteiger partial charge in [-0.25, -0.2) is 8.42 Å². The third-order valence-electron chi connectivity index (χ3n) is 5.10. The van der Waals surface area contributed by atoms with Crippen LogP contribution in [0.25, 0.3) is 10.8 Å². The molecule has 4 aromatic carbocycles. The Morgan fingerprint density at radius 3 is 2.14 bits per heavy atom. The molecule has 0 fully saturated rings. The molecular weight excluding hydrogens is 486 g/mol. The Morgan fingerprint density at radius 2 is 1.49 bits per heavy atom. The number of methoxy groups -OCH3 is 2. The summed E-state index contributed by atoms with van der Waals surface area (Å²) >= 11 is 1.21. The first-order chi connectivity index (χ1) is 16.9. The lowest BCUT2D eigenvalue weighted by Crippen LogP contribution is -2.13. The van der Waals surface area contributed by atoms with E-state index in [-0.39, 0.29) is 10.6 Å². The number of anilines is 1. The van der Waals surface area contributed by atoms with Crippen LogP contribution in [-0.2, 0) is 19.6 Å². The minimum Gasteiger partial charge on any atom is -0.495 e. The third-order valence-corrected chi connectivity index (χ3v) is 7.47.